The van der Waals surface area contributed by atoms with E-state index in [9.17, 15) is 24.0 Å². The van der Waals surface area contributed by atoms with E-state index in [1.165, 1.54) is 0 Å². The van der Waals surface area contributed by atoms with E-state index in [2.05, 4.69) is 69.1 Å². The lowest BCUT2D eigenvalue weighted by Gasteiger charge is -2.07. The molecule has 0 fully saturated rings. The number of ether oxygens (including phenoxy) is 6. The Morgan fingerprint density at radius 1 is 0.356 bits per heavy atom. The zero-order valence-corrected chi connectivity index (χ0v) is 80.6. The number of carboxylic acids is 4. The number of aromatic nitrogens is 8. The molecule has 0 saturated carbocycles. The summed E-state index contributed by atoms with van der Waals surface area (Å²) in [6.45, 7) is 11.2. The molecule has 33 nitrogen and oxygen atoms in total. The molecule has 0 aliphatic heterocycles. The summed E-state index contributed by atoms with van der Waals surface area (Å²) in [7, 11) is 0. The van der Waals surface area contributed by atoms with Gasteiger partial charge in [0.2, 0.25) is 17.5 Å². The van der Waals surface area contributed by atoms with E-state index >= 15 is 0 Å². The van der Waals surface area contributed by atoms with Crippen LogP contribution in [0, 0.1) is 40.6 Å². The maximum Gasteiger partial charge on any atom is 0.305 e. The van der Waals surface area contributed by atoms with Gasteiger partial charge in [-0.05, 0) is 232 Å². The molecule has 9 N–H and O–H groups in total. The van der Waals surface area contributed by atoms with Crippen molar-refractivity contribution in [3.8, 4) is 177 Å². The van der Waals surface area contributed by atoms with Crippen LogP contribution >= 0.6 is 0 Å². The van der Waals surface area contributed by atoms with E-state index in [0.29, 0.717) is 153 Å². The predicted octanol–water partition coefficient (Wildman–Crippen LogP) is 23.4. The van der Waals surface area contributed by atoms with E-state index < -0.39 is 23.9 Å². The minimum absolute atomic E-state index is 0.0710. The Morgan fingerprint density at radius 3 is 0.866 bits per heavy atom. The van der Waals surface area contributed by atoms with Gasteiger partial charge in [-0.15, -0.1) is 10.2 Å². The minimum Gasteiger partial charge on any atom is -0.508 e. The molecule has 17 rings (SSSR count). The molecule has 149 heavy (non-hydrogen) atoms. The molecule has 0 spiro atoms. The molecule has 0 unspecified atom stereocenters. The van der Waals surface area contributed by atoms with Gasteiger partial charge in [-0.2, -0.15) is 31.0 Å². The number of H-pyrrole nitrogens is 1. The van der Waals surface area contributed by atoms with Gasteiger partial charge in [0.1, 0.15) is 34.5 Å². The van der Waals surface area contributed by atoms with E-state index in [1.54, 1.807) is 91.9 Å². The summed E-state index contributed by atoms with van der Waals surface area (Å²) in [5.74, 6) is 2.80. The molecule has 14 aromatic carbocycles. The standard InChI is InChI=1S/C25H20N6O4.C25H19N3O4.C19H19NO3.C17H18N2O4.C17H15NO3.C13H9NO/c32-22(33)2-1-15-34-21-13-11-17(12-14-21)16-3-5-18(6-4-16)23-26-25(35-29-23)20-9-7-19(8-10-20)24-27-30-31-28-24;1-26-21-12-8-20(9-13-21)25-27-24(28-32-25)19-6-4-17(5-7-19)18-10-14-22(15-11-18)31-16-2-3-23(29)30;1-2-22-19(21)4-3-13-23-18-11-9-17(10-12-18)16-7-5-15(14-20)6-8-16;18-17(19-22)14-5-3-12(4-6-14)13-7-9-15(10-8-13)23-11-1-2-16(20)21;18-12-13-3-5-14(6-4-13)15-7-9-16(10-8-15)21-11-1-2-17(19)20;14-9-10-1-3-11(4-2-10)12-5-7-13(15)8-6-12/h3-14H,1-2,15H2,(H,32,33)(H,27,28,30,31);4-15H,2-3,16H2,(H,29,30);5-12H,2-4,13H2,1H3;3-10,22H,1-2,11H2,(H2,18,19)(H,20,21);3-10H,1-2,11H2,(H,19,20);1-8,15H. The van der Waals surface area contributed by atoms with Gasteiger partial charge in [0.15, 0.2) is 11.5 Å². The van der Waals surface area contributed by atoms with Crippen molar-refractivity contribution < 1.29 is 92.2 Å². The number of nitrogens with two attached hydrogens (primary N) is 1. The van der Waals surface area contributed by atoms with Crippen LogP contribution < -0.4 is 29.4 Å². The second-order valence-corrected chi connectivity index (χ2v) is 32.4. The van der Waals surface area contributed by atoms with Crippen LogP contribution in [0.5, 0.6) is 34.5 Å². The summed E-state index contributed by atoms with van der Waals surface area (Å²) in [5, 5.41) is 104. The van der Waals surface area contributed by atoms with E-state index in [1.807, 2.05) is 255 Å². The van der Waals surface area contributed by atoms with Gasteiger partial charge in [0.05, 0.1) is 81.1 Å². The SMILES string of the molecule is CCOC(=O)CCCOc1ccc(-c2ccc(C#N)cc2)cc1.N#Cc1ccc(-c2ccc(O)cc2)cc1.N#Cc1ccc(-c2ccc(OCCCC(=O)O)cc2)cc1.N/C(=N\O)c1ccc(-c2ccc(OCCCC(=O)O)cc2)cc1.O=C(O)CCCOc1ccc(-c2ccc(-c3noc(-c4ccc(-c5nn[nH]n5)cc4)n3)cc2)cc1.[C-]#[N+]c1ccc(-c2nc(-c3ccc(-c4ccc(OCCCC(=O)O)cc4)cc3)no2)cc1. The normalized spacial score (nSPS) is 10.4. The summed E-state index contributed by atoms with van der Waals surface area (Å²) >= 11 is 0. The fourth-order valence-electron chi connectivity index (χ4n) is 14.0. The number of hydrogen-bond acceptors (Lipinski definition) is 26. The number of nitrogens with one attached hydrogen (secondary N) is 1. The number of tetrazole rings is 1. The predicted molar refractivity (Wildman–Crippen MR) is 557 cm³/mol. The van der Waals surface area contributed by atoms with E-state index in [0.717, 1.165) is 106 Å². The van der Waals surface area contributed by atoms with Crippen molar-refractivity contribution in [2.75, 3.05) is 39.6 Å². The molecule has 0 aliphatic carbocycles. The van der Waals surface area contributed by atoms with Gasteiger partial charge in [0, 0.05) is 65.5 Å². The zero-order chi connectivity index (χ0) is 105. The number of phenols is 1. The zero-order valence-electron chi connectivity index (χ0n) is 80.6. The first-order valence-electron chi connectivity index (χ1n) is 46.9. The molecule has 3 aromatic heterocycles. The molecular formula is C116H100N14O19. The van der Waals surface area contributed by atoms with Crippen LogP contribution in [-0.2, 0) is 28.7 Å². The lowest BCUT2D eigenvalue weighted by Crippen LogP contribution is -2.12. The first-order chi connectivity index (χ1) is 72.6. The van der Waals surface area contributed by atoms with Crippen molar-refractivity contribution in [3.63, 3.8) is 0 Å². The maximum absolute atomic E-state index is 11.2. The summed E-state index contributed by atoms with van der Waals surface area (Å²) in [6.07, 6.45) is 3.34. The smallest absolute Gasteiger partial charge is 0.305 e. The van der Waals surface area contributed by atoms with Crippen LogP contribution in [0.1, 0.15) is 93.4 Å². The quantitative estimate of drug-likeness (QED) is 0.00339. The summed E-state index contributed by atoms with van der Waals surface area (Å²) < 4.78 is 43.4. The Morgan fingerprint density at radius 2 is 0.604 bits per heavy atom. The summed E-state index contributed by atoms with van der Waals surface area (Å²) in [5.41, 5.74) is 25.1. The van der Waals surface area contributed by atoms with Crippen LogP contribution in [0.25, 0.3) is 129 Å². The van der Waals surface area contributed by atoms with Crippen molar-refractivity contribution in [3.05, 3.63) is 373 Å². The molecular weight excluding hydrogens is 1890 g/mol. The first-order valence-corrected chi connectivity index (χ1v) is 46.9. The minimum atomic E-state index is -0.820. The highest BCUT2D eigenvalue weighted by atomic mass is 16.5. The summed E-state index contributed by atoms with van der Waals surface area (Å²) in [6, 6.07) is 111. The largest absolute Gasteiger partial charge is 0.508 e. The molecule has 0 amide bonds. The number of aromatic hydroxyl groups is 1. The molecule has 0 saturated heterocycles. The van der Waals surface area contributed by atoms with Gasteiger partial charge < -0.3 is 73.9 Å². The Labute approximate surface area is 857 Å². The number of aromatic amines is 1. The van der Waals surface area contributed by atoms with Crippen molar-refractivity contribution >= 4 is 41.4 Å². The summed E-state index contributed by atoms with van der Waals surface area (Å²) in [4.78, 5) is 65.5. The van der Waals surface area contributed by atoms with E-state index in [4.69, 9.17) is 96.3 Å². The molecule has 0 radical (unpaired) electrons. The van der Waals surface area contributed by atoms with Crippen LogP contribution in [0.3, 0.4) is 0 Å². The number of phenolic OH excluding ortho intramolecular Hbond substituents is 1. The number of hydrogen-bond donors (Lipinski definition) is 8. The third-order valence-electron chi connectivity index (χ3n) is 21.9. The second-order valence-electron chi connectivity index (χ2n) is 32.4. The Balaban J connectivity index is 0.000000162. The number of rotatable bonds is 38. The number of esters is 1. The molecule has 0 aliphatic rings. The van der Waals surface area contributed by atoms with Crippen molar-refractivity contribution in [2.45, 2.75) is 71.1 Å². The van der Waals surface area contributed by atoms with Crippen molar-refractivity contribution in [1.82, 2.24) is 40.9 Å². The molecule has 0 bridgehead atoms. The second kappa shape index (κ2) is 57.0. The lowest BCUT2D eigenvalue weighted by molar-refractivity contribution is -0.143. The number of carbonyl (C=O) groups excluding carboxylic acids is 1. The highest BCUT2D eigenvalue weighted by Crippen LogP contribution is 2.34. The van der Waals surface area contributed by atoms with Gasteiger partial charge in [-0.3, -0.25) is 24.0 Å². The Kier molecular flexibility index (Phi) is 41.2. The molecule has 748 valence electrons. The van der Waals surface area contributed by atoms with Gasteiger partial charge in [0.25, 0.3) is 11.8 Å². The fraction of sp³-hybridized carbons (Fsp3) is 0.147. The maximum atomic E-state index is 11.2. The third kappa shape index (κ3) is 34.9. The number of nitrogens with zero attached hydrogens (tertiary/aromatic N) is 12. The number of carbonyl (C=O) groups is 5. The van der Waals surface area contributed by atoms with Gasteiger partial charge in [-0.1, -0.05) is 234 Å². The number of aliphatic carboxylic acids is 4. The highest BCUT2D eigenvalue weighted by molar-refractivity contribution is 5.97. The average molecular weight is 1990 g/mol. The highest BCUT2D eigenvalue weighted by Gasteiger charge is 2.17. The van der Waals surface area contributed by atoms with Crippen LogP contribution in [0.4, 0.5) is 5.69 Å². The number of oxime groups is 1. The topological polar surface area (TPSA) is 509 Å². The number of benzene rings is 14. The van der Waals surface area contributed by atoms with E-state index in [-0.39, 0.29) is 43.2 Å². The number of nitriles is 3. The molecule has 17 aromatic rings. The average Bonchev–Trinajstić information content (AvgIpc) is 1.65. The van der Waals surface area contributed by atoms with Crippen molar-refractivity contribution in [2.24, 2.45) is 10.9 Å². The molecule has 0 atom stereocenters. The van der Waals surface area contributed by atoms with Gasteiger partial charge >= 0.3 is 29.8 Å². The monoisotopic (exact) mass is 1990 g/mol. The third-order valence-corrected chi connectivity index (χ3v) is 21.9. The molecule has 3 heterocycles. The van der Waals surface area contributed by atoms with Crippen molar-refractivity contribution in [1.29, 1.82) is 15.8 Å². The van der Waals surface area contributed by atoms with Gasteiger partial charge in [-0.25, -0.2) is 4.85 Å². The number of amidine groups is 1. The number of carboxylic acid groups (broad SMARTS) is 4. The van der Waals surface area contributed by atoms with Crippen LogP contribution in [0.2, 0.25) is 0 Å². The van der Waals surface area contributed by atoms with Crippen LogP contribution in [-0.4, -0.2) is 147 Å². The fourth-order valence-corrected chi connectivity index (χ4v) is 14.0. The lowest BCUT2D eigenvalue weighted by atomic mass is 10.0. The molecule has 33 heteroatoms. The first kappa shape index (κ1) is 108. The van der Waals surface area contributed by atoms with Crippen LogP contribution in [0.15, 0.2) is 354 Å². The Bertz CT molecular complexity index is 7350. The Hall–Kier alpha value is -20.2.